The molecule has 0 radical (unpaired) electrons. The molecule has 1 aliphatic carbocycles. The zero-order valence-electron chi connectivity index (χ0n) is 12.8. The lowest BCUT2D eigenvalue weighted by Crippen LogP contribution is -2.64. The number of carbonyl (C=O) groups excluding carboxylic acids is 2. The molecule has 3 unspecified atom stereocenters. The topological polar surface area (TPSA) is 62.6 Å². The molecule has 3 rings (SSSR count). The van der Waals surface area contributed by atoms with Gasteiger partial charge in [0.1, 0.15) is 23.6 Å². The second-order valence-corrected chi connectivity index (χ2v) is 6.12. The summed E-state index contributed by atoms with van der Waals surface area (Å²) in [6, 6.07) is 2.80. The number of amides is 2. The molecule has 1 saturated heterocycles. The molecule has 2 heterocycles. The van der Waals surface area contributed by atoms with E-state index in [1.165, 1.54) is 0 Å². The van der Waals surface area contributed by atoms with E-state index in [0.717, 1.165) is 24.4 Å². The molecular weight excluding hydrogens is 268 g/mol. The van der Waals surface area contributed by atoms with Gasteiger partial charge in [0.15, 0.2) is 0 Å². The van der Waals surface area contributed by atoms with Gasteiger partial charge >= 0.3 is 0 Å². The van der Waals surface area contributed by atoms with Crippen molar-refractivity contribution in [1.29, 1.82) is 0 Å². The van der Waals surface area contributed by atoms with Crippen LogP contribution in [0.5, 0.6) is 0 Å². The molecule has 2 amide bonds. The molecule has 2 aliphatic rings. The van der Waals surface area contributed by atoms with Crippen LogP contribution in [0.4, 0.5) is 0 Å². The third-order valence-corrected chi connectivity index (χ3v) is 4.53. The van der Waals surface area contributed by atoms with Crippen molar-refractivity contribution in [1.82, 2.24) is 10.2 Å². The number of nitrogens with one attached hydrogen (secondary N) is 1. The Morgan fingerprint density at radius 3 is 2.62 bits per heavy atom. The minimum atomic E-state index is -0.409. The van der Waals surface area contributed by atoms with E-state index >= 15 is 0 Å². The molecule has 3 atom stereocenters. The fourth-order valence-electron chi connectivity index (χ4n) is 3.16. The fraction of sp³-hybridized carbons (Fsp3) is 0.625. The van der Waals surface area contributed by atoms with Crippen molar-refractivity contribution in [2.75, 3.05) is 0 Å². The predicted octanol–water partition coefficient (Wildman–Crippen LogP) is 2.16. The van der Waals surface area contributed by atoms with Crippen molar-refractivity contribution >= 4 is 11.8 Å². The zero-order chi connectivity index (χ0) is 15.1. The van der Waals surface area contributed by atoms with Gasteiger partial charge in [0.05, 0.1) is 6.04 Å². The third-order valence-electron chi connectivity index (χ3n) is 4.53. The number of hydrogen-bond donors (Lipinski definition) is 1. The summed E-state index contributed by atoms with van der Waals surface area (Å²) in [6.45, 7) is 5.74. The van der Waals surface area contributed by atoms with Crippen molar-refractivity contribution < 1.29 is 14.0 Å². The molecule has 1 aliphatic heterocycles. The number of rotatable bonds is 4. The van der Waals surface area contributed by atoms with Crippen LogP contribution in [-0.4, -0.2) is 28.8 Å². The fourth-order valence-corrected chi connectivity index (χ4v) is 3.16. The molecule has 114 valence electrons. The first-order valence-electron chi connectivity index (χ1n) is 7.71. The van der Waals surface area contributed by atoms with Crippen LogP contribution in [0, 0.1) is 12.8 Å². The average molecular weight is 290 g/mol. The number of nitrogens with zero attached hydrogens (tertiary/aromatic N) is 1. The second-order valence-electron chi connectivity index (χ2n) is 6.12. The summed E-state index contributed by atoms with van der Waals surface area (Å²) in [5, 5.41) is 2.91. The smallest absolute Gasteiger partial charge is 0.246 e. The van der Waals surface area contributed by atoms with Crippen molar-refractivity contribution in [3.8, 4) is 0 Å². The largest absolute Gasteiger partial charge is 0.464 e. The average Bonchev–Trinajstić information content (AvgIpc) is 3.21. The summed E-state index contributed by atoms with van der Waals surface area (Å²) >= 11 is 0. The monoisotopic (exact) mass is 290 g/mol. The SMILES string of the molecule is CCC1C(=O)NC(C2CC2)C(=O)N1C(C)c1ccc(C)o1. The van der Waals surface area contributed by atoms with Crippen LogP contribution in [-0.2, 0) is 9.59 Å². The normalized spacial score (nSPS) is 27.7. The van der Waals surface area contributed by atoms with Gasteiger partial charge in [-0.3, -0.25) is 9.59 Å². The van der Waals surface area contributed by atoms with Crippen LogP contribution < -0.4 is 5.32 Å². The van der Waals surface area contributed by atoms with Gasteiger partial charge in [-0.1, -0.05) is 6.92 Å². The molecule has 1 saturated carbocycles. The Balaban J connectivity index is 1.90. The molecule has 0 aromatic carbocycles. The molecule has 1 N–H and O–H groups in total. The molecule has 0 bridgehead atoms. The number of carbonyl (C=O) groups is 2. The predicted molar refractivity (Wildman–Crippen MR) is 77.4 cm³/mol. The van der Waals surface area contributed by atoms with Crippen LogP contribution in [0.2, 0.25) is 0 Å². The van der Waals surface area contributed by atoms with Gasteiger partial charge < -0.3 is 14.6 Å². The van der Waals surface area contributed by atoms with Gasteiger partial charge in [-0.25, -0.2) is 0 Å². The van der Waals surface area contributed by atoms with Crippen LogP contribution in [0.15, 0.2) is 16.5 Å². The van der Waals surface area contributed by atoms with Gasteiger partial charge in [-0.2, -0.15) is 0 Å². The van der Waals surface area contributed by atoms with Crippen molar-refractivity contribution in [3.05, 3.63) is 23.7 Å². The van der Waals surface area contributed by atoms with Crippen LogP contribution in [0.3, 0.4) is 0 Å². The summed E-state index contributed by atoms with van der Waals surface area (Å²) < 4.78 is 5.66. The molecule has 2 fully saturated rings. The standard InChI is InChI=1S/C16H22N2O3/c1-4-12-15(19)17-14(11-6-7-11)16(20)18(12)10(3)13-8-5-9(2)21-13/h5,8,10-12,14H,4,6-7H2,1-3H3,(H,17,19). The highest BCUT2D eigenvalue weighted by Gasteiger charge is 2.48. The summed E-state index contributed by atoms with van der Waals surface area (Å²) in [5.74, 6) is 1.86. The Morgan fingerprint density at radius 1 is 1.38 bits per heavy atom. The van der Waals surface area contributed by atoms with Gasteiger partial charge in [0.25, 0.3) is 0 Å². The number of furan rings is 1. The van der Waals surface area contributed by atoms with E-state index in [1.807, 2.05) is 32.9 Å². The summed E-state index contributed by atoms with van der Waals surface area (Å²) in [5.41, 5.74) is 0. The van der Waals surface area contributed by atoms with E-state index in [0.29, 0.717) is 12.3 Å². The van der Waals surface area contributed by atoms with Crippen LogP contribution >= 0.6 is 0 Å². The lowest BCUT2D eigenvalue weighted by atomic mass is 9.99. The highest BCUT2D eigenvalue weighted by molar-refractivity contribution is 5.97. The lowest BCUT2D eigenvalue weighted by Gasteiger charge is -2.41. The van der Waals surface area contributed by atoms with E-state index in [4.69, 9.17) is 4.42 Å². The molecule has 1 aromatic heterocycles. The molecule has 5 heteroatoms. The minimum absolute atomic E-state index is 0.0329. The Bertz CT molecular complexity index is 562. The maximum atomic E-state index is 12.8. The maximum Gasteiger partial charge on any atom is 0.246 e. The summed E-state index contributed by atoms with van der Waals surface area (Å²) in [4.78, 5) is 26.9. The highest BCUT2D eigenvalue weighted by Crippen LogP contribution is 2.37. The molecule has 5 nitrogen and oxygen atoms in total. The van der Waals surface area contributed by atoms with E-state index in [2.05, 4.69) is 5.32 Å². The second kappa shape index (κ2) is 5.20. The first-order chi connectivity index (χ1) is 10.0. The van der Waals surface area contributed by atoms with Gasteiger partial charge in [-0.05, 0) is 51.2 Å². The van der Waals surface area contributed by atoms with Gasteiger partial charge in [-0.15, -0.1) is 0 Å². The molecule has 1 aromatic rings. The number of aryl methyl sites for hydroxylation is 1. The van der Waals surface area contributed by atoms with Crippen molar-refractivity contribution in [2.45, 2.75) is 58.2 Å². The van der Waals surface area contributed by atoms with E-state index in [9.17, 15) is 9.59 Å². The van der Waals surface area contributed by atoms with Crippen LogP contribution in [0.25, 0.3) is 0 Å². The quantitative estimate of drug-likeness (QED) is 0.924. The van der Waals surface area contributed by atoms with E-state index in [-0.39, 0.29) is 23.9 Å². The maximum absolute atomic E-state index is 12.8. The lowest BCUT2D eigenvalue weighted by molar-refractivity contribution is -0.153. The van der Waals surface area contributed by atoms with Gasteiger partial charge in [0, 0.05) is 0 Å². The molecule has 21 heavy (non-hydrogen) atoms. The Labute approximate surface area is 124 Å². The Kier molecular flexibility index (Phi) is 3.51. The number of piperazine rings is 1. The van der Waals surface area contributed by atoms with Crippen LogP contribution in [0.1, 0.15) is 50.7 Å². The summed E-state index contributed by atoms with van der Waals surface area (Å²) in [7, 11) is 0. The first-order valence-corrected chi connectivity index (χ1v) is 7.71. The van der Waals surface area contributed by atoms with E-state index in [1.54, 1.807) is 4.90 Å². The number of hydrogen-bond acceptors (Lipinski definition) is 3. The Hall–Kier alpha value is -1.78. The zero-order valence-corrected chi connectivity index (χ0v) is 12.8. The Morgan fingerprint density at radius 2 is 2.10 bits per heavy atom. The molecular formula is C16H22N2O3. The highest BCUT2D eigenvalue weighted by atomic mass is 16.3. The van der Waals surface area contributed by atoms with E-state index < -0.39 is 6.04 Å². The first kappa shape index (κ1) is 14.2. The molecule has 0 spiro atoms. The van der Waals surface area contributed by atoms with Gasteiger partial charge in [0.2, 0.25) is 11.8 Å². The summed E-state index contributed by atoms with van der Waals surface area (Å²) in [6.07, 6.45) is 2.66. The van der Waals surface area contributed by atoms with Crippen molar-refractivity contribution in [3.63, 3.8) is 0 Å². The minimum Gasteiger partial charge on any atom is -0.464 e. The van der Waals surface area contributed by atoms with Crippen molar-refractivity contribution in [2.24, 2.45) is 5.92 Å². The third kappa shape index (κ3) is 2.45.